The van der Waals surface area contributed by atoms with Crippen LogP contribution in [0.2, 0.25) is 0 Å². The summed E-state index contributed by atoms with van der Waals surface area (Å²) in [6, 6.07) is 16.0. The molecule has 2 aromatic carbocycles. The van der Waals surface area contributed by atoms with E-state index in [-0.39, 0.29) is 11.7 Å². The van der Waals surface area contributed by atoms with Crippen molar-refractivity contribution in [2.75, 3.05) is 7.05 Å². The maximum absolute atomic E-state index is 14.5. The van der Waals surface area contributed by atoms with E-state index >= 15 is 0 Å². The first-order valence-electron chi connectivity index (χ1n) is 8.05. The molecule has 0 spiro atoms. The van der Waals surface area contributed by atoms with E-state index in [0.717, 1.165) is 5.56 Å². The second kappa shape index (κ2) is 7.30. The van der Waals surface area contributed by atoms with Gasteiger partial charge in [-0.15, -0.1) is 0 Å². The Morgan fingerprint density at radius 3 is 2.60 bits per heavy atom. The lowest BCUT2D eigenvalue weighted by atomic mass is 9.96. The van der Waals surface area contributed by atoms with Crippen molar-refractivity contribution in [3.05, 3.63) is 77.9 Å². The van der Waals surface area contributed by atoms with E-state index in [4.69, 9.17) is 4.52 Å². The predicted molar refractivity (Wildman–Crippen MR) is 93.2 cm³/mol. The number of benzene rings is 2. The fourth-order valence-electron chi connectivity index (χ4n) is 2.77. The number of likely N-dealkylation sites (N-methyl/N-ethyl adjacent to an activating group) is 1. The Labute approximate surface area is 145 Å². The molecule has 0 aliphatic heterocycles. The normalized spacial score (nSPS) is 12.0. The molecule has 0 radical (unpaired) electrons. The summed E-state index contributed by atoms with van der Waals surface area (Å²) in [6.45, 7) is 2.13. The summed E-state index contributed by atoms with van der Waals surface area (Å²) >= 11 is 0. The van der Waals surface area contributed by atoms with Gasteiger partial charge in [0.25, 0.3) is 0 Å². The van der Waals surface area contributed by atoms with Crippen LogP contribution in [0, 0.1) is 5.82 Å². The minimum Gasteiger partial charge on any atom is -0.364 e. The van der Waals surface area contributed by atoms with Gasteiger partial charge < -0.3 is 9.42 Å². The molecule has 0 N–H and O–H groups in total. The first-order valence-corrected chi connectivity index (χ1v) is 8.05. The molecule has 25 heavy (non-hydrogen) atoms. The Kier molecular flexibility index (Phi) is 4.93. The number of carbonyl (C=O) groups is 1. The molecule has 0 fully saturated rings. The Morgan fingerprint density at radius 1 is 1.20 bits per heavy atom. The highest BCUT2D eigenvalue weighted by molar-refractivity contribution is 5.83. The zero-order valence-corrected chi connectivity index (χ0v) is 14.1. The lowest BCUT2D eigenvalue weighted by Crippen LogP contribution is -2.30. The van der Waals surface area contributed by atoms with E-state index in [0.29, 0.717) is 23.4 Å². The first kappa shape index (κ1) is 16.9. The van der Waals surface area contributed by atoms with Crippen LogP contribution in [0.3, 0.4) is 0 Å². The van der Waals surface area contributed by atoms with Crippen molar-refractivity contribution in [2.45, 2.75) is 19.4 Å². The number of halogens is 1. The van der Waals surface area contributed by atoms with E-state index in [1.165, 1.54) is 12.3 Å². The molecule has 0 saturated carbocycles. The van der Waals surface area contributed by atoms with Crippen molar-refractivity contribution in [3.63, 3.8) is 0 Å². The molecule has 128 valence electrons. The third-order valence-electron chi connectivity index (χ3n) is 4.21. The summed E-state index contributed by atoms with van der Waals surface area (Å²) in [4.78, 5) is 14.1. The molecule has 1 heterocycles. The Morgan fingerprint density at radius 2 is 1.96 bits per heavy atom. The van der Waals surface area contributed by atoms with E-state index in [1.807, 2.05) is 30.3 Å². The quantitative estimate of drug-likeness (QED) is 0.699. The molecule has 1 amide bonds. The fourth-order valence-corrected chi connectivity index (χ4v) is 2.77. The number of hydrogen-bond acceptors (Lipinski definition) is 3. The van der Waals surface area contributed by atoms with Gasteiger partial charge in [-0.05, 0) is 24.1 Å². The predicted octanol–water partition coefficient (Wildman–Crippen LogP) is 4.24. The zero-order chi connectivity index (χ0) is 17.8. The zero-order valence-electron chi connectivity index (χ0n) is 14.1. The lowest BCUT2D eigenvalue weighted by Gasteiger charge is -2.21. The topological polar surface area (TPSA) is 46.3 Å². The summed E-state index contributed by atoms with van der Waals surface area (Å²) in [6.07, 6.45) is 1.47. The molecule has 0 aliphatic rings. The van der Waals surface area contributed by atoms with Crippen LogP contribution in [0.1, 0.15) is 24.1 Å². The molecule has 1 aromatic heterocycles. The monoisotopic (exact) mass is 338 g/mol. The summed E-state index contributed by atoms with van der Waals surface area (Å²) in [5, 5.41) is 3.80. The smallest absolute Gasteiger partial charge is 0.229 e. The number of aromatic nitrogens is 1. The van der Waals surface area contributed by atoms with Gasteiger partial charge in [-0.25, -0.2) is 4.39 Å². The fraction of sp³-hybridized carbons (Fsp3) is 0.200. The SMILES string of the molecule is C[C@H](C(=O)N(C)Cc1ccon1)c1ccc(-c2ccccc2)c(F)c1. The maximum atomic E-state index is 14.5. The molecular weight excluding hydrogens is 319 g/mol. The molecular formula is C20H19FN2O2. The molecule has 3 rings (SSSR count). The summed E-state index contributed by atoms with van der Waals surface area (Å²) < 4.78 is 19.3. The second-order valence-corrected chi connectivity index (χ2v) is 6.01. The number of nitrogens with zero attached hydrogens (tertiary/aromatic N) is 2. The molecule has 0 saturated heterocycles. The van der Waals surface area contributed by atoms with Crippen LogP contribution in [0.5, 0.6) is 0 Å². The van der Waals surface area contributed by atoms with Crippen LogP contribution in [0.15, 0.2) is 65.4 Å². The highest BCUT2D eigenvalue weighted by atomic mass is 19.1. The maximum Gasteiger partial charge on any atom is 0.229 e. The highest BCUT2D eigenvalue weighted by Crippen LogP contribution is 2.27. The summed E-state index contributed by atoms with van der Waals surface area (Å²) in [7, 11) is 1.70. The Hall–Kier alpha value is -2.95. The van der Waals surface area contributed by atoms with Gasteiger partial charge in [-0.2, -0.15) is 0 Å². The van der Waals surface area contributed by atoms with Gasteiger partial charge in [-0.1, -0.05) is 47.6 Å². The van der Waals surface area contributed by atoms with Crippen LogP contribution >= 0.6 is 0 Å². The van der Waals surface area contributed by atoms with Crippen LogP contribution in [0.25, 0.3) is 11.1 Å². The van der Waals surface area contributed by atoms with E-state index in [2.05, 4.69) is 5.16 Å². The summed E-state index contributed by atoms with van der Waals surface area (Å²) in [5.41, 5.74) is 2.66. The number of rotatable bonds is 5. The van der Waals surface area contributed by atoms with Crippen LogP contribution in [-0.2, 0) is 11.3 Å². The molecule has 4 nitrogen and oxygen atoms in total. The third kappa shape index (κ3) is 3.76. The van der Waals surface area contributed by atoms with Crippen LogP contribution < -0.4 is 0 Å². The largest absolute Gasteiger partial charge is 0.364 e. The van der Waals surface area contributed by atoms with Gasteiger partial charge in [0.15, 0.2) is 0 Å². The molecule has 5 heteroatoms. The van der Waals surface area contributed by atoms with Gasteiger partial charge in [0.05, 0.1) is 12.5 Å². The number of carbonyl (C=O) groups excluding carboxylic acids is 1. The Bertz CT molecular complexity index is 847. The minimum atomic E-state index is -0.448. The highest BCUT2D eigenvalue weighted by Gasteiger charge is 2.21. The van der Waals surface area contributed by atoms with Gasteiger partial charge in [0.2, 0.25) is 5.91 Å². The van der Waals surface area contributed by atoms with E-state index in [1.54, 1.807) is 37.1 Å². The third-order valence-corrected chi connectivity index (χ3v) is 4.21. The van der Waals surface area contributed by atoms with Crippen LogP contribution in [0.4, 0.5) is 4.39 Å². The minimum absolute atomic E-state index is 0.102. The van der Waals surface area contributed by atoms with Gasteiger partial charge in [0.1, 0.15) is 17.8 Å². The van der Waals surface area contributed by atoms with Crippen molar-refractivity contribution < 1.29 is 13.7 Å². The molecule has 0 aliphatic carbocycles. The van der Waals surface area contributed by atoms with Crippen LogP contribution in [-0.4, -0.2) is 23.0 Å². The second-order valence-electron chi connectivity index (χ2n) is 6.01. The van der Waals surface area contributed by atoms with Crippen molar-refractivity contribution in [1.29, 1.82) is 0 Å². The standard InChI is InChI=1S/C20H19FN2O2/c1-14(20(24)23(2)13-17-10-11-25-22-17)16-8-9-18(19(21)12-16)15-6-4-3-5-7-15/h3-12,14H,13H2,1-2H3/t14-/m0/s1. The van der Waals surface area contributed by atoms with Gasteiger partial charge >= 0.3 is 0 Å². The average molecular weight is 338 g/mol. The molecule has 0 bridgehead atoms. The number of hydrogen-bond donors (Lipinski definition) is 0. The van der Waals surface area contributed by atoms with E-state index in [9.17, 15) is 9.18 Å². The van der Waals surface area contributed by atoms with Gasteiger partial charge in [0, 0.05) is 18.7 Å². The Balaban J connectivity index is 1.77. The van der Waals surface area contributed by atoms with Crippen molar-refractivity contribution in [2.24, 2.45) is 0 Å². The van der Waals surface area contributed by atoms with Gasteiger partial charge in [-0.3, -0.25) is 4.79 Å². The van der Waals surface area contributed by atoms with Crippen molar-refractivity contribution in [1.82, 2.24) is 10.1 Å². The molecule has 3 aromatic rings. The number of amides is 1. The van der Waals surface area contributed by atoms with E-state index < -0.39 is 5.92 Å². The molecule has 1 atom stereocenters. The van der Waals surface area contributed by atoms with Crippen molar-refractivity contribution >= 4 is 5.91 Å². The van der Waals surface area contributed by atoms with Crippen molar-refractivity contribution in [3.8, 4) is 11.1 Å². The summed E-state index contributed by atoms with van der Waals surface area (Å²) in [5.74, 6) is -0.881. The molecule has 0 unspecified atom stereocenters. The lowest BCUT2D eigenvalue weighted by molar-refractivity contribution is -0.131. The first-order chi connectivity index (χ1) is 12.1. The average Bonchev–Trinajstić information content (AvgIpc) is 3.14.